The van der Waals surface area contributed by atoms with Gasteiger partial charge in [0.2, 0.25) is 0 Å². The molecule has 1 unspecified atom stereocenters. The zero-order chi connectivity index (χ0) is 25.1. The standard InChI is InChI=1S/C21H27N3.3C2H6.I2/c1-15-9-20-18(12-23-21(20)10-16(15)2)11-19(22)14-24(3)13-17-7-5-4-6-8-17;4*1-2/h4-10,12,19,23H,11,13-14,22H2,1-3H3;3*1-2H3;. The van der Waals surface area contributed by atoms with E-state index < -0.39 is 0 Å². The van der Waals surface area contributed by atoms with Crippen LogP contribution in [0.2, 0.25) is 0 Å². The molecule has 1 aromatic heterocycles. The first-order valence-corrected chi connectivity index (χ1v) is 18.0. The van der Waals surface area contributed by atoms with Crippen molar-refractivity contribution in [1.82, 2.24) is 9.88 Å². The Hall–Kier alpha value is -0.640. The number of nitrogens with zero attached hydrogens (tertiary/aromatic N) is 1. The Kier molecular flexibility index (Phi) is 21.9. The van der Waals surface area contributed by atoms with Crippen LogP contribution in [0.15, 0.2) is 48.7 Å². The number of hydrogen-bond donors (Lipinski definition) is 2. The SMILES string of the molecule is CC.CC.CC.Cc1cc2[nH]cc(CC(N)CN(C)Cc3ccccc3)c2cc1C.II. The molecule has 182 valence electrons. The van der Waals surface area contributed by atoms with Crippen LogP contribution >= 0.6 is 37.2 Å². The Morgan fingerprint density at radius 3 is 2.00 bits per heavy atom. The molecular weight excluding hydrogens is 620 g/mol. The summed E-state index contributed by atoms with van der Waals surface area (Å²) in [4.78, 5) is 5.68. The van der Waals surface area contributed by atoms with Gasteiger partial charge in [0, 0.05) is 73.5 Å². The molecule has 0 saturated carbocycles. The minimum atomic E-state index is 0.124. The minimum absolute atomic E-state index is 0.124. The summed E-state index contributed by atoms with van der Waals surface area (Å²) in [5.41, 5.74) is 12.9. The maximum atomic E-state index is 6.42. The maximum absolute atomic E-state index is 6.42. The Morgan fingerprint density at radius 1 is 0.906 bits per heavy atom. The second kappa shape index (κ2) is 20.9. The third-order valence-corrected chi connectivity index (χ3v) is 4.71. The number of fused-ring (bicyclic) bond motifs is 1. The van der Waals surface area contributed by atoms with Crippen LogP contribution in [-0.2, 0) is 13.0 Å². The van der Waals surface area contributed by atoms with E-state index in [1.165, 1.54) is 33.2 Å². The zero-order valence-corrected chi connectivity index (χ0v) is 25.9. The van der Waals surface area contributed by atoms with E-state index in [4.69, 9.17) is 5.73 Å². The first-order valence-electron chi connectivity index (χ1n) is 11.7. The highest BCUT2D eigenvalue weighted by Gasteiger charge is 2.12. The van der Waals surface area contributed by atoms with Gasteiger partial charge in [0.25, 0.3) is 0 Å². The Morgan fingerprint density at radius 2 is 1.44 bits per heavy atom. The van der Waals surface area contributed by atoms with Crippen molar-refractivity contribution in [3.63, 3.8) is 0 Å². The summed E-state index contributed by atoms with van der Waals surface area (Å²) < 4.78 is 0. The van der Waals surface area contributed by atoms with E-state index in [1.807, 2.05) is 41.5 Å². The molecule has 5 heteroatoms. The van der Waals surface area contributed by atoms with Crippen LogP contribution < -0.4 is 5.73 Å². The van der Waals surface area contributed by atoms with Gasteiger partial charge in [-0.2, -0.15) is 0 Å². The molecule has 3 aromatic rings. The molecule has 32 heavy (non-hydrogen) atoms. The van der Waals surface area contributed by atoms with E-state index in [0.717, 1.165) is 19.5 Å². The lowest BCUT2D eigenvalue weighted by Crippen LogP contribution is -2.36. The summed E-state index contributed by atoms with van der Waals surface area (Å²) in [7, 11) is 2.13. The molecule has 0 aliphatic rings. The van der Waals surface area contributed by atoms with Crippen LogP contribution in [0.25, 0.3) is 10.9 Å². The number of likely N-dealkylation sites (N-methyl/N-ethyl adjacent to an activating group) is 1. The smallest absolute Gasteiger partial charge is 0.0459 e. The highest BCUT2D eigenvalue weighted by molar-refractivity contribution is 15.0. The second-order valence-corrected chi connectivity index (χ2v) is 6.94. The molecule has 0 radical (unpaired) electrons. The number of nitrogens with two attached hydrogens (primary N) is 1. The van der Waals surface area contributed by atoms with Crippen molar-refractivity contribution < 1.29 is 0 Å². The van der Waals surface area contributed by atoms with Gasteiger partial charge in [0.15, 0.2) is 0 Å². The molecule has 0 bridgehead atoms. The highest BCUT2D eigenvalue weighted by atomic mass is 128. The zero-order valence-electron chi connectivity index (χ0n) is 21.6. The van der Waals surface area contributed by atoms with Gasteiger partial charge in [-0.15, -0.1) is 0 Å². The van der Waals surface area contributed by atoms with E-state index in [9.17, 15) is 0 Å². The lowest BCUT2D eigenvalue weighted by Gasteiger charge is -2.21. The molecule has 0 aliphatic heterocycles. The fraction of sp³-hybridized carbons (Fsp3) is 0.481. The third kappa shape index (κ3) is 12.0. The average molecular weight is 665 g/mol. The molecular formula is C27H45I2N3. The van der Waals surface area contributed by atoms with Crippen LogP contribution in [0.3, 0.4) is 0 Å². The number of aromatic nitrogens is 1. The minimum Gasteiger partial charge on any atom is -0.361 e. The number of rotatable bonds is 6. The van der Waals surface area contributed by atoms with Gasteiger partial charge in [-0.05, 0) is 61.7 Å². The van der Waals surface area contributed by atoms with E-state index in [-0.39, 0.29) is 6.04 Å². The van der Waals surface area contributed by atoms with Crippen LogP contribution in [-0.4, -0.2) is 29.5 Å². The number of hydrogen-bond acceptors (Lipinski definition) is 2. The topological polar surface area (TPSA) is 45.1 Å². The Balaban J connectivity index is 0. The van der Waals surface area contributed by atoms with E-state index in [0.29, 0.717) is 0 Å². The first-order chi connectivity index (χ1) is 15.5. The van der Waals surface area contributed by atoms with Gasteiger partial charge < -0.3 is 15.6 Å². The molecule has 3 N–H and O–H groups in total. The van der Waals surface area contributed by atoms with E-state index in [1.54, 1.807) is 0 Å². The monoisotopic (exact) mass is 665 g/mol. The van der Waals surface area contributed by atoms with Crippen molar-refractivity contribution in [3.8, 4) is 0 Å². The molecule has 0 aliphatic carbocycles. The number of aromatic amines is 1. The van der Waals surface area contributed by atoms with Crippen molar-refractivity contribution in [2.24, 2.45) is 5.73 Å². The van der Waals surface area contributed by atoms with Crippen molar-refractivity contribution in [3.05, 3.63) is 70.9 Å². The molecule has 0 amide bonds. The molecule has 0 fully saturated rings. The van der Waals surface area contributed by atoms with Crippen LogP contribution in [0, 0.1) is 13.8 Å². The third-order valence-electron chi connectivity index (χ3n) is 4.71. The number of H-pyrrole nitrogens is 1. The van der Waals surface area contributed by atoms with Gasteiger partial charge >= 0.3 is 0 Å². The summed E-state index contributed by atoms with van der Waals surface area (Å²) in [5.74, 6) is 0. The van der Waals surface area contributed by atoms with Crippen LogP contribution in [0.4, 0.5) is 0 Å². The predicted octanol–water partition coefficient (Wildman–Crippen LogP) is 8.64. The van der Waals surface area contributed by atoms with Gasteiger partial charge in [0.05, 0.1) is 0 Å². The van der Waals surface area contributed by atoms with Crippen molar-refractivity contribution in [1.29, 1.82) is 0 Å². The van der Waals surface area contributed by atoms with Gasteiger partial charge in [-0.3, -0.25) is 0 Å². The quantitative estimate of drug-likeness (QED) is 0.259. The summed E-state index contributed by atoms with van der Waals surface area (Å²) >= 11 is 4.24. The first kappa shape index (κ1) is 33.5. The van der Waals surface area contributed by atoms with Crippen molar-refractivity contribution >= 4 is 48.1 Å². The summed E-state index contributed by atoms with van der Waals surface area (Å²) in [6, 6.07) is 15.2. The number of benzene rings is 2. The molecule has 3 rings (SSSR count). The largest absolute Gasteiger partial charge is 0.361 e. The van der Waals surface area contributed by atoms with Crippen molar-refractivity contribution in [2.45, 2.75) is 74.4 Å². The number of nitrogens with one attached hydrogen (secondary N) is 1. The lowest BCUT2D eigenvalue weighted by molar-refractivity contribution is 0.302. The Bertz CT molecular complexity index is 816. The van der Waals surface area contributed by atoms with Crippen LogP contribution in [0.1, 0.15) is 63.8 Å². The predicted molar refractivity (Wildman–Crippen MR) is 164 cm³/mol. The fourth-order valence-electron chi connectivity index (χ4n) is 3.32. The molecule has 0 saturated heterocycles. The Labute approximate surface area is 221 Å². The number of halogens is 2. The molecule has 1 heterocycles. The number of aryl methyl sites for hydroxylation is 2. The highest BCUT2D eigenvalue weighted by Crippen LogP contribution is 2.23. The van der Waals surface area contributed by atoms with Crippen LogP contribution in [0.5, 0.6) is 0 Å². The maximum Gasteiger partial charge on any atom is 0.0459 e. The van der Waals surface area contributed by atoms with Crippen molar-refractivity contribution in [2.75, 3.05) is 13.6 Å². The lowest BCUT2D eigenvalue weighted by atomic mass is 10.0. The fourth-order valence-corrected chi connectivity index (χ4v) is 3.32. The van der Waals surface area contributed by atoms with Gasteiger partial charge in [-0.1, -0.05) is 71.9 Å². The molecule has 3 nitrogen and oxygen atoms in total. The van der Waals surface area contributed by atoms with Gasteiger partial charge in [0.1, 0.15) is 0 Å². The van der Waals surface area contributed by atoms with Gasteiger partial charge in [-0.25, -0.2) is 0 Å². The molecule has 2 aromatic carbocycles. The normalized spacial score (nSPS) is 10.4. The molecule has 0 spiro atoms. The molecule has 1 atom stereocenters. The van der Waals surface area contributed by atoms with E-state index in [2.05, 4.69) is 117 Å². The summed E-state index contributed by atoms with van der Waals surface area (Å²) in [6.45, 7) is 18.1. The van der Waals surface area contributed by atoms with E-state index >= 15 is 0 Å². The average Bonchev–Trinajstić information content (AvgIpc) is 3.21. The summed E-state index contributed by atoms with van der Waals surface area (Å²) in [6.07, 6.45) is 3.00. The summed E-state index contributed by atoms with van der Waals surface area (Å²) in [5, 5.41) is 1.30. The second-order valence-electron chi connectivity index (χ2n) is 6.94.